The van der Waals surface area contributed by atoms with Crippen LogP contribution in [0.25, 0.3) is 0 Å². The van der Waals surface area contributed by atoms with Gasteiger partial charge in [0.25, 0.3) is 0 Å². The summed E-state index contributed by atoms with van der Waals surface area (Å²) in [6, 6.07) is 6.33. The van der Waals surface area contributed by atoms with E-state index in [1.54, 1.807) is 18.2 Å². The number of rotatable bonds is 6. The van der Waals surface area contributed by atoms with Gasteiger partial charge in [-0.2, -0.15) is 0 Å². The molecule has 2 atom stereocenters. The average molecular weight is 518 g/mol. The Bertz CT molecular complexity index is 697. The Morgan fingerprint density at radius 3 is 2.72 bits per heavy atom. The smallest absolute Gasteiger partial charge is 0.225 e. The molecular weight excluding hydrogens is 486 g/mol. The van der Waals surface area contributed by atoms with Crippen molar-refractivity contribution in [2.24, 2.45) is 10.9 Å². The molecule has 2 fully saturated rings. The fourth-order valence-corrected chi connectivity index (χ4v) is 4.04. The first-order valence-electron chi connectivity index (χ1n) is 10.3. The SMILES string of the molecule is CCNC(=NCC(O)c1ccccc1F)NC1CCN(C(=O)C2CCCC2)C1.I. The minimum atomic E-state index is -0.999. The molecule has 1 heterocycles. The number of carbonyl (C=O) groups is 1. The van der Waals surface area contributed by atoms with E-state index in [9.17, 15) is 14.3 Å². The number of guanidine groups is 1. The number of aliphatic hydroxyl groups is 1. The highest BCUT2D eigenvalue weighted by molar-refractivity contribution is 14.0. The Balaban J connectivity index is 0.00000300. The number of benzene rings is 1. The van der Waals surface area contributed by atoms with E-state index in [0.717, 1.165) is 38.6 Å². The van der Waals surface area contributed by atoms with Crippen molar-refractivity contribution in [2.75, 3.05) is 26.2 Å². The maximum absolute atomic E-state index is 13.8. The molecule has 0 bridgehead atoms. The summed E-state index contributed by atoms with van der Waals surface area (Å²) in [5.41, 5.74) is 0.247. The molecule has 29 heavy (non-hydrogen) atoms. The predicted molar refractivity (Wildman–Crippen MR) is 123 cm³/mol. The molecule has 0 spiro atoms. The number of hydrogen-bond donors (Lipinski definition) is 3. The van der Waals surface area contributed by atoms with Crippen LogP contribution in [0.2, 0.25) is 0 Å². The van der Waals surface area contributed by atoms with Gasteiger partial charge in [0, 0.05) is 37.2 Å². The highest BCUT2D eigenvalue weighted by Gasteiger charge is 2.32. The van der Waals surface area contributed by atoms with E-state index >= 15 is 0 Å². The molecule has 1 aromatic carbocycles. The second kappa shape index (κ2) is 11.7. The lowest BCUT2D eigenvalue weighted by Gasteiger charge is -2.21. The second-order valence-corrected chi connectivity index (χ2v) is 7.65. The van der Waals surface area contributed by atoms with Crippen LogP contribution in [0.1, 0.15) is 50.7 Å². The maximum Gasteiger partial charge on any atom is 0.225 e. The van der Waals surface area contributed by atoms with Crippen LogP contribution < -0.4 is 10.6 Å². The minimum absolute atomic E-state index is 0. The Morgan fingerprint density at radius 1 is 1.31 bits per heavy atom. The van der Waals surface area contributed by atoms with Gasteiger partial charge in [-0.3, -0.25) is 9.79 Å². The highest BCUT2D eigenvalue weighted by Crippen LogP contribution is 2.27. The normalized spacial score (nSPS) is 21.0. The van der Waals surface area contributed by atoms with Crippen molar-refractivity contribution >= 4 is 35.8 Å². The van der Waals surface area contributed by atoms with Crippen LogP contribution in [0.3, 0.4) is 0 Å². The quantitative estimate of drug-likeness (QED) is 0.308. The summed E-state index contributed by atoms with van der Waals surface area (Å²) in [7, 11) is 0. The first-order chi connectivity index (χ1) is 13.6. The topological polar surface area (TPSA) is 77.0 Å². The third-order valence-corrected chi connectivity index (χ3v) is 5.58. The highest BCUT2D eigenvalue weighted by atomic mass is 127. The van der Waals surface area contributed by atoms with Gasteiger partial charge in [0.15, 0.2) is 5.96 Å². The van der Waals surface area contributed by atoms with Crippen LogP contribution in [-0.2, 0) is 4.79 Å². The van der Waals surface area contributed by atoms with E-state index in [0.29, 0.717) is 25.0 Å². The molecule has 3 rings (SSSR count). The van der Waals surface area contributed by atoms with E-state index in [1.165, 1.54) is 6.07 Å². The van der Waals surface area contributed by atoms with Gasteiger partial charge in [0.2, 0.25) is 5.91 Å². The molecule has 1 saturated heterocycles. The fourth-order valence-electron chi connectivity index (χ4n) is 4.04. The Morgan fingerprint density at radius 2 is 2.03 bits per heavy atom. The number of nitrogens with zero attached hydrogens (tertiary/aromatic N) is 2. The lowest BCUT2D eigenvalue weighted by atomic mass is 10.1. The standard InChI is InChI=1S/C21H31FN4O2.HI/c1-2-23-21(24-13-19(27)17-9-5-6-10-18(17)22)25-16-11-12-26(14-16)20(28)15-7-3-4-8-15;/h5-6,9-10,15-16,19,27H,2-4,7-8,11-14H2,1H3,(H2,23,24,25);1H. The van der Waals surface area contributed by atoms with E-state index < -0.39 is 11.9 Å². The van der Waals surface area contributed by atoms with Crippen molar-refractivity contribution in [3.63, 3.8) is 0 Å². The van der Waals surface area contributed by atoms with E-state index in [-0.39, 0.29) is 48.0 Å². The van der Waals surface area contributed by atoms with E-state index in [2.05, 4.69) is 15.6 Å². The lowest BCUT2D eigenvalue weighted by Crippen LogP contribution is -2.45. The summed E-state index contributed by atoms with van der Waals surface area (Å²) in [6.45, 7) is 4.15. The molecule has 3 N–H and O–H groups in total. The number of amides is 1. The molecule has 162 valence electrons. The van der Waals surface area contributed by atoms with Gasteiger partial charge in [0.05, 0.1) is 6.54 Å². The monoisotopic (exact) mass is 518 g/mol. The molecule has 8 heteroatoms. The Labute approximate surface area is 189 Å². The largest absolute Gasteiger partial charge is 0.386 e. The van der Waals surface area contributed by atoms with Gasteiger partial charge < -0.3 is 20.6 Å². The molecule has 2 unspecified atom stereocenters. The van der Waals surface area contributed by atoms with Gasteiger partial charge in [0.1, 0.15) is 11.9 Å². The van der Waals surface area contributed by atoms with Crippen LogP contribution in [-0.4, -0.2) is 54.1 Å². The number of hydrogen-bond acceptors (Lipinski definition) is 3. The lowest BCUT2D eigenvalue weighted by molar-refractivity contribution is -0.134. The molecule has 1 saturated carbocycles. The zero-order chi connectivity index (χ0) is 19.9. The van der Waals surface area contributed by atoms with Crippen molar-refractivity contribution in [2.45, 2.75) is 51.2 Å². The number of halogens is 2. The molecule has 1 amide bonds. The number of aliphatic imine (C=N–C) groups is 1. The summed E-state index contributed by atoms with van der Waals surface area (Å²) in [4.78, 5) is 19.0. The first kappa shape index (κ1) is 23.9. The van der Waals surface area contributed by atoms with Crippen LogP contribution in [0, 0.1) is 11.7 Å². The van der Waals surface area contributed by atoms with Gasteiger partial charge in [-0.05, 0) is 32.3 Å². The number of carbonyl (C=O) groups excluding carboxylic acids is 1. The summed E-state index contributed by atoms with van der Waals surface area (Å²) in [5.74, 6) is 0.647. The number of nitrogens with one attached hydrogen (secondary N) is 2. The molecule has 0 radical (unpaired) electrons. The number of likely N-dealkylation sites (tertiary alicyclic amines) is 1. The van der Waals surface area contributed by atoms with Gasteiger partial charge in [-0.1, -0.05) is 31.0 Å². The summed E-state index contributed by atoms with van der Waals surface area (Å²) < 4.78 is 13.8. The average Bonchev–Trinajstić information content (AvgIpc) is 3.38. The summed E-state index contributed by atoms with van der Waals surface area (Å²) in [6.07, 6.45) is 4.23. The van der Waals surface area contributed by atoms with Crippen molar-refractivity contribution in [3.05, 3.63) is 35.6 Å². The fraction of sp³-hybridized carbons (Fsp3) is 0.619. The molecule has 1 aliphatic heterocycles. The Hall–Kier alpha value is -1.42. The van der Waals surface area contributed by atoms with Crippen LogP contribution in [0.4, 0.5) is 4.39 Å². The zero-order valence-corrected chi connectivity index (χ0v) is 19.3. The molecular formula is C21H32FIN4O2. The second-order valence-electron chi connectivity index (χ2n) is 7.65. The predicted octanol–water partition coefficient (Wildman–Crippen LogP) is 2.82. The third-order valence-electron chi connectivity index (χ3n) is 5.58. The van der Waals surface area contributed by atoms with Crippen molar-refractivity contribution in [1.82, 2.24) is 15.5 Å². The zero-order valence-electron chi connectivity index (χ0n) is 16.9. The van der Waals surface area contributed by atoms with E-state index in [1.807, 2.05) is 11.8 Å². The molecule has 1 aromatic rings. The van der Waals surface area contributed by atoms with E-state index in [4.69, 9.17) is 0 Å². The maximum atomic E-state index is 13.8. The van der Waals surface area contributed by atoms with Crippen molar-refractivity contribution < 1.29 is 14.3 Å². The summed E-state index contributed by atoms with van der Waals surface area (Å²) >= 11 is 0. The van der Waals surface area contributed by atoms with Crippen LogP contribution in [0.5, 0.6) is 0 Å². The van der Waals surface area contributed by atoms with Gasteiger partial charge in [-0.15, -0.1) is 24.0 Å². The van der Waals surface area contributed by atoms with Crippen molar-refractivity contribution in [3.8, 4) is 0 Å². The molecule has 2 aliphatic rings. The third kappa shape index (κ3) is 6.53. The number of aliphatic hydroxyl groups excluding tert-OH is 1. The molecule has 1 aliphatic carbocycles. The molecule has 6 nitrogen and oxygen atoms in total. The molecule has 0 aromatic heterocycles. The first-order valence-corrected chi connectivity index (χ1v) is 10.3. The Kier molecular flexibility index (Phi) is 9.61. The van der Waals surface area contributed by atoms with Gasteiger partial charge in [-0.25, -0.2) is 4.39 Å². The minimum Gasteiger partial charge on any atom is -0.386 e. The van der Waals surface area contributed by atoms with Gasteiger partial charge >= 0.3 is 0 Å². The van der Waals surface area contributed by atoms with Crippen LogP contribution >= 0.6 is 24.0 Å². The summed E-state index contributed by atoms with van der Waals surface area (Å²) in [5, 5.41) is 16.8. The van der Waals surface area contributed by atoms with Crippen molar-refractivity contribution in [1.29, 1.82) is 0 Å². The van der Waals surface area contributed by atoms with Crippen LogP contribution in [0.15, 0.2) is 29.3 Å².